The number of benzene rings is 3. The highest BCUT2D eigenvalue weighted by molar-refractivity contribution is 7.92. The molecule has 3 aromatic carbocycles. The fraction of sp³-hybridized carbons (Fsp3) is 0.136. The van der Waals surface area contributed by atoms with Crippen LogP contribution in [0.4, 0.5) is 11.4 Å². The van der Waals surface area contributed by atoms with Crippen LogP contribution in [0.1, 0.15) is 6.92 Å². The summed E-state index contributed by atoms with van der Waals surface area (Å²) in [6.07, 6.45) is 0. The van der Waals surface area contributed by atoms with Crippen LogP contribution >= 0.6 is 34.8 Å². The van der Waals surface area contributed by atoms with Crippen molar-refractivity contribution in [2.75, 3.05) is 22.8 Å². The van der Waals surface area contributed by atoms with Gasteiger partial charge >= 0.3 is 0 Å². The number of carbonyl (C=O) groups is 1. The van der Waals surface area contributed by atoms with E-state index in [9.17, 15) is 13.2 Å². The average Bonchev–Trinajstić information content (AvgIpc) is 2.72. The molecule has 0 radical (unpaired) electrons. The van der Waals surface area contributed by atoms with Gasteiger partial charge in [-0.2, -0.15) is 0 Å². The average molecular weight is 514 g/mol. The Bertz CT molecular complexity index is 1200. The van der Waals surface area contributed by atoms with Gasteiger partial charge in [0.05, 0.1) is 17.2 Å². The molecule has 0 bridgehead atoms. The Morgan fingerprint density at radius 2 is 1.56 bits per heavy atom. The summed E-state index contributed by atoms with van der Waals surface area (Å²) in [4.78, 5) is 12.8. The fourth-order valence-corrected chi connectivity index (χ4v) is 5.01. The van der Waals surface area contributed by atoms with Crippen molar-refractivity contribution >= 4 is 62.1 Å². The van der Waals surface area contributed by atoms with Crippen LogP contribution in [0.2, 0.25) is 15.1 Å². The van der Waals surface area contributed by atoms with E-state index >= 15 is 0 Å². The molecule has 1 N–H and O–H groups in total. The summed E-state index contributed by atoms with van der Waals surface area (Å²) in [5.74, 6) is -0.265. The molecular formula is C22H19Cl3N2O4S. The molecule has 0 fully saturated rings. The molecule has 6 nitrogen and oxygen atoms in total. The zero-order valence-electron chi connectivity index (χ0n) is 16.9. The topological polar surface area (TPSA) is 75.7 Å². The summed E-state index contributed by atoms with van der Waals surface area (Å²) in [6, 6.07) is 16.8. The molecule has 0 saturated carbocycles. The van der Waals surface area contributed by atoms with E-state index < -0.39 is 22.5 Å². The van der Waals surface area contributed by atoms with E-state index in [1.165, 1.54) is 42.5 Å². The molecule has 0 aliphatic rings. The van der Waals surface area contributed by atoms with Crippen LogP contribution in [0.25, 0.3) is 0 Å². The SMILES string of the molecule is CCOc1ccccc1N(CC(=O)Nc1cc(Cl)cc(Cl)c1)S(=O)(=O)c1ccc(Cl)cc1. The maximum absolute atomic E-state index is 13.5. The molecule has 3 aromatic rings. The Labute approximate surface area is 201 Å². The smallest absolute Gasteiger partial charge is 0.264 e. The number of halogens is 3. The Kier molecular flexibility index (Phi) is 7.90. The summed E-state index contributed by atoms with van der Waals surface area (Å²) in [5, 5.41) is 3.69. The number of ether oxygens (including phenoxy) is 1. The van der Waals surface area contributed by atoms with Crippen LogP contribution in [0.3, 0.4) is 0 Å². The number of sulfonamides is 1. The van der Waals surface area contributed by atoms with Crippen LogP contribution in [0.5, 0.6) is 5.75 Å². The number of nitrogens with zero attached hydrogens (tertiary/aromatic N) is 1. The largest absolute Gasteiger partial charge is 0.492 e. The highest BCUT2D eigenvalue weighted by Crippen LogP contribution is 2.33. The molecule has 168 valence electrons. The molecular weight excluding hydrogens is 495 g/mol. The number of para-hydroxylation sites is 2. The van der Waals surface area contributed by atoms with Crippen molar-refractivity contribution < 1.29 is 17.9 Å². The molecule has 0 spiro atoms. The van der Waals surface area contributed by atoms with Crippen LogP contribution in [-0.2, 0) is 14.8 Å². The summed E-state index contributed by atoms with van der Waals surface area (Å²) in [5.41, 5.74) is 0.568. The first-order valence-corrected chi connectivity index (χ1v) is 12.0. The van der Waals surface area contributed by atoms with Gasteiger partial charge in [-0.3, -0.25) is 9.10 Å². The number of nitrogens with one attached hydrogen (secondary N) is 1. The first-order chi connectivity index (χ1) is 15.2. The molecule has 0 unspecified atom stereocenters. The van der Waals surface area contributed by atoms with Gasteiger partial charge in [-0.25, -0.2) is 8.42 Å². The van der Waals surface area contributed by atoms with Crippen molar-refractivity contribution in [1.29, 1.82) is 0 Å². The maximum Gasteiger partial charge on any atom is 0.264 e. The summed E-state index contributed by atoms with van der Waals surface area (Å²) >= 11 is 17.9. The van der Waals surface area contributed by atoms with Gasteiger partial charge in [0.2, 0.25) is 5.91 Å². The standard InChI is InChI=1S/C22H19Cl3N2O4S/c1-2-31-21-6-4-3-5-20(21)27(32(29,30)19-9-7-15(23)8-10-19)14-22(28)26-18-12-16(24)11-17(25)13-18/h3-13H,2,14H2,1H3,(H,26,28). The number of hydrogen-bond acceptors (Lipinski definition) is 4. The predicted molar refractivity (Wildman–Crippen MR) is 129 cm³/mol. The Morgan fingerprint density at radius 1 is 0.938 bits per heavy atom. The van der Waals surface area contributed by atoms with Crippen molar-refractivity contribution in [3.05, 3.63) is 81.8 Å². The second kappa shape index (κ2) is 10.4. The van der Waals surface area contributed by atoms with Gasteiger partial charge in [-0.1, -0.05) is 46.9 Å². The third-order valence-corrected chi connectivity index (χ3v) is 6.73. The summed E-state index contributed by atoms with van der Waals surface area (Å²) in [6.45, 7) is 1.59. The van der Waals surface area contributed by atoms with E-state index in [0.717, 1.165) is 4.31 Å². The molecule has 0 aliphatic heterocycles. The monoisotopic (exact) mass is 512 g/mol. The zero-order valence-corrected chi connectivity index (χ0v) is 20.0. The number of hydrogen-bond donors (Lipinski definition) is 1. The molecule has 1 amide bonds. The van der Waals surface area contributed by atoms with Gasteiger partial charge in [0, 0.05) is 20.8 Å². The van der Waals surface area contributed by atoms with E-state index in [2.05, 4.69) is 5.32 Å². The summed E-state index contributed by atoms with van der Waals surface area (Å²) in [7, 11) is -4.13. The predicted octanol–water partition coefficient (Wildman–Crippen LogP) is 5.88. The lowest BCUT2D eigenvalue weighted by atomic mass is 10.3. The zero-order chi connectivity index (χ0) is 23.3. The summed E-state index contributed by atoms with van der Waals surface area (Å²) < 4.78 is 33.6. The minimum absolute atomic E-state index is 0.0215. The Morgan fingerprint density at radius 3 is 2.19 bits per heavy atom. The highest BCUT2D eigenvalue weighted by atomic mass is 35.5. The molecule has 0 aliphatic carbocycles. The van der Waals surface area contributed by atoms with E-state index in [1.54, 1.807) is 31.2 Å². The van der Waals surface area contributed by atoms with Gasteiger partial charge in [-0.05, 0) is 61.5 Å². The van der Waals surface area contributed by atoms with E-state index in [4.69, 9.17) is 39.5 Å². The van der Waals surface area contributed by atoms with Crippen LogP contribution in [0, 0.1) is 0 Å². The molecule has 0 heterocycles. The number of amides is 1. The first-order valence-electron chi connectivity index (χ1n) is 9.47. The number of anilines is 2. The molecule has 0 aromatic heterocycles. The van der Waals surface area contributed by atoms with Crippen molar-refractivity contribution in [3.8, 4) is 5.75 Å². The van der Waals surface area contributed by atoms with Gasteiger partial charge < -0.3 is 10.1 Å². The Hall–Kier alpha value is -2.45. The molecule has 0 atom stereocenters. The van der Waals surface area contributed by atoms with Gasteiger partial charge in [0.25, 0.3) is 10.0 Å². The van der Waals surface area contributed by atoms with Crippen LogP contribution in [0.15, 0.2) is 71.6 Å². The highest BCUT2D eigenvalue weighted by Gasteiger charge is 2.29. The number of carbonyl (C=O) groups excluding carboxylic acids is 1. The van der Waals surface area contributed by atoms with Crippen molar-refractivity contribution in [2.45, 2.75) is 11.8 Å². The third kappa shape index (κ3) is 5.86. The van der Waals surface area contributed by atoms with Gasteiger partial charge in [-0.15, -0.1) is 0 Å². The second-order valence-corrected chi connectivity index (χ2v) is 9.74. The van der Waals surface area contributed by atoms with Crippen LogP contribution in [-0.4, -0.2) is 27.5 Å². The Balaban J connectivity index is 2.00. The van der Waals surface area contributed by atoms with E-state index in [0.29, 0.717) is 33.1 Å². The lowest BCUT2D eigenvalue weighted by Crippen LogP contribution is -2.38. The minimum atomic E-state index is -4.13. The second-order valence-electron chi connectivity index (χ2n) is 6.57. The van der Waals surface area contributed by atoms with Crippen molar-refractivity contribution in [2.24, 2.45) is 0 Å². The van der Waals surface area contributed by atoms with Gasteiger partial charge in [0.15, 0.2) is 0 Å². The normalized spacial score (nSPS) is 11.1. The lowest BCUT2D eigenvalue weighted by Gasteiger charge is -2.26. The molecule has 32 heavy (non-hydrogen) atoms. The van der Waals surface area contributed by atoms with Gasteiger partial charge in [0.1, 0.15) is 12.3 Å². The third-order valence-electron chi connectivity index (χ3n) is 4.27. The maximum atomic E-state index is 13.5. The van der Waals surface area contributed by atoms with E-state index in [-0.39, 0.29) is 10.6 Å². The number of rotatable bonds is 8. The lowest BCUT2D eigenvalue weighted by molar-refractivity contribution is -0.114. The van der Waals surface area contributed by atoms with E-state index in [1.807, 2.05) is 0 Å². The van der Waals surface area contributed by atoms with Crippen molar-refractivity contribution in [1.82, 2.24) is 0 Å². The van der Waals surface area contributed by atoms with Crippen LogP contribution < -0.4 is 14.4 Å². The quantitative estimate of drug-likeness (QED) is 0.408. The molecule has 0 saturated heterocycles. The molecule has 3 rings (SSSR count). The molecule has 10 heteroatoms. The first kappa shape index (κ1) is 24.2. The minimum Gasteiger partial charge on any atom is -0.492 e. The fourth-order valence-electron chi connectivity index (χ4n) is 2.93. The van der Waals surface area contributed by atoms with Crippen molar-refractivity contribution in [3.63, 3.8) is 0 Å².